The van der Waals surface area contributed by atoms with Crippen molar-refractivity contribution in [2.45, 2.75) is 39.4 Å². The van der Waals surface area contributed by atoms with Crippen LogP contribution in [0.2, 0.25) is 0 Å². The van der Waals surface area contributed by atoms with E-state index in [1.165, 1.54) is 11.1 Å². The van der Waals surface area contributed by atoms with E-state index in [2.05, 4.69) is 27.8 Å². The van der Waals surface area contributed by atoms with E-state index in [0.29, 0.717) is 18.9 Å². The molecular formula is C16H19N3O2. The molecule has 3 rings (SSSR count). The SMILES string of the molecule is Cc1nc(CNC(=O)C2Cc3ccccc3CN2)oc1C. The fourth-order valence-electron chi connectivity index (χ4n) is 2.54. The lowest BCUT2D eigenvalue weighted by molar-refractivity contribution is -0.123. The van der Waals surface area contributed by atoms with Gasteiger partial charge in [0, 0.05) is 6.54 Å². The second kappa shape index (κ2) is 5.69. The van der Waals surface area contributed by atoms with Crippen LogP contribution in [0, 0.1) is 13.8 Å². The molecular weight excluding hydrogens is 266 g/mol. The summed E-state index contributed by atoms with van der Waals surface area (Å²) in [5.41, 5.74) is 3.36. The van der Waals surface area contributed by atoms with Crippen LogP contribution in [-0.4, -0.2) is 16.9 Å². The maximum atomic E-state index is 12.2. The van der Waals surface area contributed by atoms with Crippen molar-refractivity contribution in [3.05, 3.63) is 52.7 Å². The largest absolute Gasteiger partial charge is 0.444 e. The number of benzene rings is 1. The molecule has 0 bridgehead atoms. The van der Waals surface area contributed by atoms with Gasteiger partial charge < -0.3 is 15.1 Å². The van der Waals surface area contributed by atoms with Crippen LogP contribution >= 0.6 is 0 Å². The van der Waals surface area contributed by atoms with Crippen molar-refractivity contribution < 1.29 is 9.21 Å². The van der Waals surface area contributed by atoms with Gasteiger partial charge >= 0.3 is 0 Å². The van der Waals surface area contributed by atoms with E-state index in [-0.39, 0.29) is 11.9 Å². The molecule has 1 atom stereocenters. The number of aromatic nitrogens is 1. The molecule has 1 aromatic heterocycles. The molecule has 2 aromatic rings. The van der Waals surface area contributed by atoms with E-state index in [1.807, 2.05) is 26.0 Å². The Morgan fingerprint density at radius 2 is 2.14 bits per heavy atom. The Kier molecular flexibility index (Phi) is 3.75. The lowest BCUT2D eigenvalue weighted by atomic mass is 9.95. The Labute approximate surface area is 123 Å². The molecule has 5 nitrogen and oxygen atoms in total. The monoisotopic (exact) mass is 285 g/mol. The van der Waals surface area contributed by atoms with Gasteiger partial charge in [0.25, 0.3) is 0 Å². The molecule has 5 heteroatoms. The first-order valence-corrected chi connectivity index (χ1v) is 7.14. The van der Waals surface area contributed by atoms with Gasteiger partial charge in [-0.2, -0.15) is 0 Å². The molecule has 1 aromatic carbocycles. The van der Waals surface area contributed by atoms with Gasteiger partial charge in [0.2, 0.25) is 11.8 Å². The van der Waals surface area contributed by atoms with Crippen molar-refractivity contribution in [1.29, 1.82) is 0 Å². The zero-order valence-electron chi connectivity index (χ0n) is 12.3. The molecule has 2 N–H and O–H groups in total. The molecule has 110 valence electrons. The number of hydrogen-bond donors (Lipinski definition) is 2. The Bertz CT molecular complexity index is 644. The minimum Gasteiger partial charge on any atom is -0.444 e. The lowest BCUT2D eigenvalue weighted by Gasteiger charge is -2.25. The molecule has 1 aliphatic heterocycles. The first-order valence-electron chi connectivity index (χ1n) is 7.14. The van der Waals surface area contributed by atoms with Crippen LogP contribution < -0.4 is 10.6 Å². The number of aryl methyl sites for hydroxylation is 2. The van der Waals surface area contributed by atoms with Crippen LogP contribution in [-0.2, 0) is 24.3 Å². The number of carbonyl (C=O) groups is 1. The molecule has 0 fully saturated rings. The van der Waals surface area contributed by atoms with Crippen molar-refractivity contribution in [1.82, 2.24) is 15.6 Å². The smallest absolute Gasteiger partial charge is 0.237 e. The third kappa shape index (κ3) is 2.97. The molecule has 0 aliphatic carbocycles. The van der Waals surface area contributed by atoms with E-state index in [9.17, 15) is 4.79 Å². The lowest BCUT2D eigenvalue weighted by Crippen LogP contribution is -2.47. The van der Waals surface area contributed by atoms with Crippen molar-refractivity contribution in [3.8, 4) is 0 Å². The fraction of sp³-hybridized carbons (Fsp3) is 0.375. The van der Waals surface area contributed by atoms with Crippen LogP contribution in [0.4, 0.5) is 0 Å². The predicted molar refractivity (Wildman–Crippen MR) is 78.6 cm³/mol. The average molecular weight is 285 g/mol. The van der Waals surface area contributed by atoms with E-state index < -0.39 is 0 Å². The molecule has 1 aliphatic rings. The zero-order chi connectivity index (χ0) is 14.8. The van der Waals surface area contributed by atoms with Crippen LogP contribution in [0.1, 0.15) is 28.5 Å². The normalized spacial score (nSPS) is 17.3. The summed E-state index contributed by atoms with van der Waals surface area (Å²) in [5, 5.41) is 6.15. The number of nitrogens with zero attached hydrogens (tertiary/aromatic N) is 1. The summed E-state index contributed by atoms with van der Waals surface area (Å²) in [4.78, 5) is 16.5. The van der Waals surface area contributed by atoms with E-state index in [4.69, 9.17) is 4.42 Å². The van der Waals surface area contributed by atoms with Crippen molar-refractivity contribution in [2.24, 2.45) is 0 Å². The number of rotatable bonds is 3. The molecule has 1 amide bonds. The number of hydrogen-bond acceptors (Lipinski definition) is 4. The Balaban J connectivity index is 1.59. The van der Waals surface area contributed by atoms with Gasteiger partial charge in [0.15, 0.2) is 0 Å². The Morgan fingerprint density at radius 1 is 1.38 bits per heavy atom. The quantitative estimate of drug-likeness (QED) is 0.899. The minimum atomic E-state index is -0.197. The second-order valence-electron chi connectivity index (χ2n) is 5.37. The highest BCUT2D eigenvalue weighted by atomic mass is 16.4. The molecule has 0 spiro atoms. The summed E-state index contributed by atoms with van der Waals surface area (Å²) < 4.78 is 5.46. The van der Waals surface area contributed by atoms with Crippen molar-refractivity contribution in [3.63, 3.8) is 0 Å². The first-order chi connectivity index (χ1) is 10.1. The van der Waals surface area contributed by atoms with Gasteiger partial charge in [-0.25, -0.2) is 4.98 Å². The maximum absolute atomic E-state index is 12.2. The summed E-state index contributed by atoms with van der Waals surface area (Å²) in [6.07, 6.45) is 0.714. The maximum Gasteiger partial charge on any atom is 0.237 e. The van der Waals surface area contributed by atoms with Crippen molar-refractivity contribution >= 4 is 5.91 Å². The summed E-state index contributed by atoms with van der Waals surface area (Å²) >= 11 is 0. The number of nitrogens with one attached hydrogen (secondary N) is 2. The summed E-state index contributed by atoms with van der Waals surface area (Å²) in [7, 11) is 0. The summed E-state index contributed by atoms with van der Waals surface area (Å²) in [6, 6.07) is 8.01. The highest BCUT2D eigenvalue weighted by molar-refractivity contribution is 5.82. The Hall–Kier alpha value is -2.14. The highest BCUT2D eigenvalue weighted by Crippen LogP contribution is 2.16. The third-order valence-corrected chi connectivity index (χ3v) is 3.88. The predicted octanol–water partition coefficient (Wildman–Crippen LogP) is 1.62. The van der Waals surface area contributed by atoms with E-state index in [0.717, 1.165) is 18.0 Å². The van der Waals surface area contributed by atoms with Gasteiger partial charge in [-0.15, -0.1) is 0 Å². The molecule has 1 unspecified atom stereocenters. The van der Waals surface area contributed by atoms with Crippen LogP contribution in [0.25, 0.3) is 0 Å². The molecule has 21 heavy (non-hydrogen) atoms. The standard InChI is InChI=1S/C16H19N3O2/c1-10-11(2)21-15(19-10)9-18-16(20)14-7-12-5-3-4-6-13(12)8-17-14/h3-6,14,17H,7-9H2,1-2H3,(H,18,20). The van der Waals surface area contributed by atoms with Gasteiger partial charge in [-0.3, -0.25) is 4.79 Å². The zero-order valence-corrected chi connectivity index (χ0v) is 12.3. The number of fused-ring (bicyclic) bond motifs is 1. The second-order valence-corrected chi connectivity index (χ2v) is 5.37. The van der Waals surface area contributed by atoms with Crippen LogP contribution in [0.15, 0.2) is 28.7 Å². The van der Waals surface area contributed by atoms with Gasteiger partial charge in [0.05, 0.1) is 18.3 Å². The molecule has 0 saturated heterocycles. The minimum absolute atomic E-state index is 0.0157. The fourth-order valence-corrected chi connectivity index (χ4v) is 2.54. The third-order valence-electron chi connectivity index (χ3n) is 3.88. The highest BCUT2D eigenvalue weighted by Gasteiger charge is 2.23. The molecule has 2 heterocycles. The summed E-state index contributed by atoms with van der Waals surface area (Å²) in [5.74, 6) is 1.33. The van der Waals surface area contributed by atoms with Gasteiger partial charge in [-0.1, -0.05) is 24.3 Å². The van der Waals surface area contributed by atoms with Gasteiger partial charge in [0.1, 0.15) is 5.76 Å². The number of oxazole rings is 1. The van der Waals surface area contributed by atoms with E-state index in [1.54, 1.807) is 0 Å². The summed E-state index contributed by atoms with van der Waals surface area (Å²) in [6.45, 7) is 4.82. The average Bonchev–Trinajstić information content (AvgIpc) is 2.83. The first kappa shape index (κ1) is 13.8. The molecule has 0 radical (unpaired) electrons. The van der Waals surface area contributed by atoms with Crippen molar-refractivity contribution in [2.75, 3.05) is 0 Å². The Morgan fingerprint density at radius 3 is 2.86 bits per heavy atom. The van der Waals surface area contributed by atoms with Crippen LogP contribution in [0.5, 0.6) is 0 Å². The van der Waals surface area contributed by atoms with Gasteiger partial charge in [-0.05, 0) is 31.4 Å². The van der Waals surface area contributed by atoms with Crippen LogP contribution in [0.3, 0.4) is 0 Å². The number of amides is 1. The molecule has 0 saturated carbocycles. The topological polar surface area (TPSA) is 67.2 Å². The number of carbonyl (C=O) groups excluding carboxylic acids is 1. The van der Waals surface area contributed by atoms with E-state index >= 15 is 0 Å².